The van der Waals surface area contributed by atoms with Crippen LogP contribution >= 0.6 is 11.3 Å². The molecular formula is C21H22N2O3S. The van der Waals surface area contributed by atoms with Crippen LogP contribution in [0.15, 0.2) is 48.5 Å². The lowest BCUT2D eigenvalue weighted by Gasteiger charge is -2.06. The predicted octanol–water partition coefficient (Wildman–Crippen LogP) is 4.85. The van der Waals surface area contributed by atoms with Crippen molar-refractivity contribution in [3.05, 3.63) is 69.7 Å². The molecule has 1 heterocycles. The van der Waals surface area contributed by atoms with Crippen molar-refractivity contribution in [2.75, 3.05) is 12.4 Å². The van der Waals surface area contributed by atoms with E-state index in [0.29, 0.717) is 28.6 Å². The second kappa shape index (κ2) is 8.68. The first-order chi connectivity index (χ1) is 13.1. The van der Waals surface area contributed by atoms with E-state index in [1.54, 1.807) is 13.2 Å². The summed E-state index contributed by atoms with van der Waals surface area (Å²) in [5.41, 5.74) is 2.64. The zero-order valence-corrected chi connectivity index (χ0v) is 16.4. The summed E-state index contributed by atoms with van der Waals surface area (Å²) in [5.74, 6) is 1.30. The van der Waals surface area contributed by atoms with E-state index in [4.69, 9.17) is 9.47 Å². The molecule has 1 aromatic heterocycles. The topological polar surface area (TPSA) is 60.5 Å². The molecular weight excluding hydrogens is 360 g/mol. The monoisotopic (exact) mass is 382 g/mol. The third kappa shape index (κ3) is 4.86. The minimum atomic E-state index is -0.184. The van der Waals surface area contributed by atoms with Gasteiger partial charge in [-0.05, 0) is 43.2 Å². The number of methoxy groups -OCH3 is 1. The van der Waals surface area contributed by atoms with E-state index in [1.165, 1.54) is 16.9 Å². The Hall–Kier alpha value is -2.86. The van der Waals surface area contributed by atoms with Crippen molar-refractivity contribution in [1.82, 2.24) is 4.98 Å². The normalized spacial score (nSPS) is 10.5. The van der Waals surface area contributed by atoms with Gasteiger partial charge in [0.25, 0.3) is 5.91 Å². The minimum Gasteiger partial charge on any atom is -0.497 e. The molecule has 0 aliphatic heterocycles. The fraction of sp³-hybridized carbons (Fsp3) is 0.238. The first-order valence-electron chi connectivity index (χ1n) is 8.72. The summed E-state index contributed by atoms with van der Waals surface area (Å²) >= 11 is 1.34. The number of benzene rings is 2. The second-order valence-corrected chi connectivity index (χ2v) is 7.08. The van der Waals surface area contributed by atoms with E-state index in [-0.39, 0.29) is 5.91 Å². The second-order valence-electron chi connectivity index (χ2n) is 5.99. The van der Waals surface area contributed by atoms with Gasteiger partial charge in [0.1, 0.15) is 28.0 Å². The first-order valence-corrected chi connectivity index (χ1v) is 9.54. The number of nitrogens with zero attached hydrogens (tertiary/aromatic N) is 1. The van der Waals surface area contributed by atoms with E-state index >= 15 is 0 Å². The maximum atomic E-state index is 12.6. The molecule has 0 radical (unpaired) electrons. The summed E-state index contributed by atoms with van der Waals surface area (Å²) < 4.78 is 11.0. The molecule has 0 spiro atoms. The molecule has 5 nitrogen and oxygen atoms in total. The number of amides is 1. The van der Waals surface area contributed by atoms with Crippen molar-refractivity contribution >= 4 is 22.9 Å². The number of aromatic nitrogens is 1. The molecule has 0 fully saturated rings. The van der Waals surface area contributed by atoms with Crippen LogP contribution in [-0.4, -0.2) is 18.0 Å². The van der Waals surface area contributed by atoms with Crippen LogP contribution in [0.4, 0.5) is 5.69 Å². The van der Waals surface area contributed by atoms with Crippen LogP contribution in [-0.2, 0) is 13.0 Å². The highest BCUT2D eigenvalue weighted by molar-refractivity contribution is 7.13. The molecule has 3 aromatic rings. The number of nitrogens with one attached hydrogen (secondary N) is 1. The zero-order chi connectivity index (χ0) is 19.2. The molecule has 0 saturated heterocycles. The van der Waals surface area contributed by atoms with Crippen LogP contribution in [0, 0.1) is 6.92 Å². The van der Waals surface area contributed by atoms with Crippen LogP contribution < -0.4 is 14.8 Å². The number of thiazole rings is 1. The number of rotatable bonds is 7. The highest BCUT2D eigenvalue weighted by atomic mass is 32.1. The molecule has 2 aromatic carbocycles. The van der Waals surface area contributed by atoms with Crippen molar-refractivity contribution in [2.24, 2.45) is 0 Å². The Labute approximate surface area is 163 Å². The van der Waals surface area contributed by atoms with Crippen molar-refractivity contribution in [3.8, 4) is 11.5 Å². The molecule has 0 bridgehead atoms. The summed E-state index contributed by atoms with van der Waals surface area (Å²) in [6.07, 6.45) is 0.998. The third-order valence-corrected chi connectivity index (χ3v) is 5.20. The van der Waals surface area contributed by atoms with Crippen molar-refractivity contribution in [1.29, 1.82) is 0 Å². The lowest BCUT2D eigenvalue weighted by molar-refractivity contribution is 0.103. The number of anilines is 1. The molecule has 3 rings (SSSR count). The SMILES string of the molecule is CCc1ccc(OCc2nc(C)c(C(=O)Nc3cccc(OC)c3)s2)cc1. The molecule has 1 N–H and O–H groups in total. The van der Waals surface area contributed by atoms with E-state index in [2.05, 4.69) is 29.4 Å². The van der Waals surface area contributed by atoms with Crippen LogP contribution in [0.5, 0.6) is 11.5 Å². The number of ether oxygens (including phenoxy) is 2. The van der Waals surface area contributed by atoms with Gasteiger partial charge in [0.15, 0.2) is 0 Å². The van der Waals surface area contributed by atoms with E-state index in [0.717, 1.165) is 17.2 Å². The molecule has 0 aliphatic rings. The minimum absolute atomic E-state index is 0.184. The fourth-order valence-corrected chi connectivity index (χ4v) is 3.45. The van der Waals surface area contributed by atoms with Gasteiger partial charge in [-0.2, -0.15) is 0 Å². The van der Waals surface area contributed by atoms with Gasteiger partial charge >= 0.3 is 0 Å². The lowest BCUT2D eigenvalue weighted by Crippen LogP contribution is -2.11. The molecule has 0 unspecified atom stereocenters. The lowest BCUT2D eigenvalue weighted by atomic mass is 10.2. The zero-order valence-electron chi connectivity index (χ0n) is 15.6. The van der Waals surface area contributed by atoms with Gasteiger partial charge in [0.05, 0.1) is 12.8 Å². The Morgan fingerprint density at radius 2 is 1.93 bits per heavy atom. The maximum absolute atomic E-state index is 12.6. The summed E-state index contributed by atoms with van der Waals surface area (Å²) in [4.78, 5) is 17.6. The average molecular weight is 382 g/mol. The molecule has 1 amide bonds. The van der Waals surface area contributed by atoms with Gasteiger partial charge in [-0.25, -0.2) is 4.98 Å². The van der Waals surface area contributed by atoms with Gasteiger partial charge in [-0.1, -0.05) is 25.1 Å². The fourth-order valence-electron chi connectivity index (χ4n) is 2.58. The van der Waals surface area contributed by atoms with Crippen LogP contribution in [0.2, 0.25) is 0 Å². The predicted molar refractivity (Wildman–Crippen MR) is 108 cm³/mol. The Kier molecular flexibility index (Phi) is 6.08. The Bertz CT molecular complexity index is 919. The quantitative estimate of drug-likeness (QED) is 0.634. The number of aryl methyl sites for hydroxylation is 2. The average Bonchev–Trinajstić information content (AvgIpc) is 3.07. The standard InChI is InChI=1S/C21H22N2O3S/c1-4-15-8-10-17(11-9-15)26-13-19-22-14(2)20(27-19)21(24)23-16-6-5-7-18(12-16)25-3/h5-12H,4,13H2,1-3H3,(H,23,24). The highest BCUT2D eigenvalue weighted by Crippen LogP contribution is 2.23. The Morgan fingerprint density at radius 1 is 1.15 bits per heavy atom. The summed E-state index contributed by atoms with van der Waals surface area (Å²) in [6.45, 7) is 4.28. The van der Waals surface area contributed by atoms with Gasteiger partial charge in [-0.15, -0.1) is 11.3 Å². The van der Waals surface area contributed by atoms with Crippen molar-refractivity contribution < 1.29 is 14.3 Å². The van der Waals surface area contributed by atoms with Crippen LogP contribution in [0.3, 0.4) is 0 Å². The van der Waals surface area contributed by atoms with E-state index in [1.807, 2.05) is 37.3 Å². The molecule has 140 valence electrons. The van der Waals surface area contributed by atoms with E-state index < -0.39 is 0 Å². The van der Waals surface area contributed by atoms with Gasteiger partial charge in [-0.3, -0.25) is 4.79 Å². The number of hydrogen-bond donors (Lipinski definition) is 1. The number of carbonyl (C=O) groups is 1. The highest BCUT2D eigenvalue weighted by Gasteiger charge is 2.16. The van der Waals surface area contributed by atoms with E-state index in [9.17, 15) is 4.79 Å². The first kappa shape index (κ1) is 18.9. The molecule has 0 aliphatic carbocycles. The van der Waals surface area contributed by atoms with Crippen LogP contribution in [0.1, 0.15) is 32.9 Å². The van der Waals surface area contributed by atoms with Gasteiger partial charge < -0.3 is 14.8 Å². The Morgan fingerprint density at radius 3 is 2.63 bits per heavy atom. The molecule has 6 heteroatoms. The molecule has 0 atom stereocenters. The number of hydrogen-bond acceptors (Lipinski definition) is 5. The summed E-state index contributed by atoms with van der Waals surface area (Å²) in [7, 11) is 1.59. The van der Waals surface area contributed by atoms with Crippen LogP contribution in [0.25, 0.3) is 0 Å². The largest absolute Gasteiger partial charge is 0.497 e. The maximum Gasteiger partial charge on any atom is 0.267 e. The summed E-state index contributed by atoms with van der Waals surface area (Å²) in [5, 5.41) is 3.65. The van der Waals surface area contributed by atoms with Crippen molar-refractivity contribution in [3.63, 3.8) is 0 Å². The third-order valence-electron chi connectivity index (χ3n) is 4.07. The molecule has 0 saturated carbocycles. The smallest absolute Gasteiger partial charge is 0.267 e. The van der Waals surface area contributed by atoms with Crippen molar-refractivity contribution in [2.45, 2.75) is 26.9 Å². The summed E-state index contributed by atoms with van der Waals surface area (Å²) in [6, 6.07) is 15.3. The number of carbonyl (C=O) groups excluding carboxylic acids is 1. The molecule has 27 heavy (non-hydrogen) atoms. The Balaban J connectivity index is 1.65. The van der Waals surface area contributed by atoms with Gasteiger partial charge in [0, 0.05) is 11.8 Å². The van der Waals surface area contributed by atoms with Gasteiger partial charge in [0.2, 0.25) is 0 Å².